The molecule has 3 aromatic carbocycles. The van der Waals surface area contributed by atoms with Crippen LogP contribution in [0.3, 0.4) is 0 Å². The first-order valence-electron chi connectivity index (χ1n) is 10.1. The van der Waals surface area contributed by atoms with Gasteiger partial charge in [-0.1, -0.05) is 23.8 Å². The van der Waals surface area contributed by atoms with Crippen LogP contribution in [0, 0.1) is 5.82 Å². The van der Waals surface area contributed by atoms with Gasteiger partial charge < -0.3 is 24.4 Å². The molecule has 0 amide bonds. The molecule has 3 aromatic rings. The zero-order valence-electron chi connectivity index (χ0n) is 18.6. The van der Waals surface area contributed by atoms with Crippen LogP contribution in [0.1, 0.15) is 19.4 Å². The Bertz CT molecular complexity index is 1120. The fraction of sp³-hybridized carbons (Fsp3) is 0.231. The number of hydrogen-bond donors (Lipinski definition) is 2. The highest BCUT2D eigenvalue weighted by Crippen LogP contribution is 2.45. The number of aliphatic hydroxyl groups excluding tert-OH is 1. The summed E-state index contributed by atoms with van der Waals surface area (Å²) < 4.78 is 31.5. The molecule has 0 saturated carbocycles. The molecule has 5 nitrogen and oxygen atoms in total. The first-order valence-corrected chi connectivity index (χ1v) is 10.1. The van der Waals surface area contributed by atoms with Gasteiger partial charge in [-0.15, -0.1) is 0 Å². The fourth-order valence-electron chi connectivity index (χ4n) is 3.48. The molecule has 0 spiro atoms. The molecule has 0 aliphatic carbocycles. The number of hydrogen-bond acceptors (Lipinski definition) is 5. The second-order valence-electron chi connectivity index (χ2n) is 7.46. The Balaban J connectivity index is 2.13. The Labute approximate surface area is 187 Å². The predicted molar refractivity (Wildman–Crippen MR) is 123 cm³/mol. The minimum absolute atomic E-state index is 0.140. The molecule has 0 saturated heterocycles. The summed E-state index contributed by atoms with van der Waals surface area (Å²) in [5.41, 5.74) is 4.05. The largest absolute Gasteiger partial charge is 0.508 e. The molecule has 0 heterocycles. The average molecular weight is 438 g/mol. The number of halogens is 1. The van der Waals surface area contributed by atoms with E-state index < -0.39 is 5.82 Å². The number of benzene rings is 3. The molecular weight excluding hydrogens is 411 g/mol. The van der Waals surface area contributed by atoms with E-state index in [9.17, 15) is 14.6 Å². The summed E-state index contributed by atoms with van der Waals surface area (Å²) in [5.74, 6) is 0.662. The van der Waals surface area contributed by atoms with Gasteiger partial charge >= 0.3 is 0 Å². The van der Waals surface area contributed by atoms with Gasteiger partial charge in [0.25, 0.3) is 0 Å². The average Bonchev–Trinajstić information content (AvgIpc) is 2.78. The summed E-state index contributed by atoms with van der Waals surface area (Å²) in [6.07, 6.45) is 1.87. The van der Waals surface area contributed by atoms with Gasteiger partial charge in [0, 0.05) is 16.7 Å². The van der Waals surface area contributed by atoms with Gasteiger partial charge in [-0.2, -0.15) is 0 Å². The van der Waals surface area contributed by atoms with Crippen LogP contribution in [-0.2, 0) is 6.61 Å². The minimum atomic E-state index is -0.517. The first-order chi connectivity index (χ1) is 15.4. The number of allylic oxidation sites excluding steroid dienone is 1. The Morgan fingerprint density at radius 1 is 0.938 bits per heavy atom. The number of phenolic OH excluding ortho intramolecular Hbond substituents is 1. The van der Waals surface area contributed by atoms with Crippen molar-refractivity contribution in [3.05, 3.63) is 71.6 Å². The van der Waals surface area contributed by atoms with Crippen molar-refractivity contribution < 1.29 is 28.8 Å². The third kappa shape index (κ3) is 4.86. The number of ether oxygens (including phenoxy) is 3. The molecule has 0 aliphatic heterocycles. The van der Waals surface area contributed by atoms with Gasteiger partial charge in [-0.05, 0) is 61.4 Å². The van der Waals surface area contributed by atoms with Crippen LogP contribution in [0.5, 0.6) is 23.0 Å². The summed E-state index contributed by atoms with van der Waals surface area (Å²) in [6, 6.07) is 13.0. The van der Waals surface area contributed by atoms with Crippen LogP contribution in [0.4, 0.5) is 4.39 Å². The number of methoxy groups -OCH3 is 2. The van der Waals surface area contributed by atoms with Crippen molar-refractivity contribution in [1.29, 1.82) is 0 Å². The standard InChI is InChI=1S/C26H27FO5/c1-16(2)11-12-32-23-10-7-18(13-22(23)27)25-21(15-28)26(31-4)20(14-24(25)30-3)17-5-8-19(29)9-6-17/h5-11,13-14,28-29H,12,15H2,1-4H3. The molecule has 2 N–H and O–H groups in total. The quantitative estimate of drug-likeness (QED) is 0.440. The number of aliphatic hydroxyl groups is 1. The van der Waals surface area contributed by atoms with Gasteiger partial charge in [-0.25, -0.2) is 4.39 Å². The van der Waals surface area contributed by atoms with Crippen LogP contribution in [0.2, 0.25) is 0 Å². The molecular formula is C26H27FO5. The highest BCUT2D eigenvalue weighted by molar-refractivity contribution is 5.85. The zero-order chi connectivity index (χ0) is 23.3. The third-order valence-corrected chi connectivity index (χ3v) is 5.05. The lowest BCUT2D eigenvalue weighted by atomic mass is 9.92. The van der Waals surface area contributed by atoms with E-state index in [-0.39, 0.29) is 24.7 Å². The molecule has 32 heavy (non-hydrogen) atoms. The molecule has 0 unspecified atom stereocenters. The van der Waals surface area contributed by atoms with E-state index >= 15 is 0 Å². The van der Waals surface area contributed by atoms with Crippen LogP contribution in [0.15, 0.2) is 60.2 Å². The van der Waals surface area contributed by atoms with Crippen LogP contribution in [-0.4, -0.2) is 31.0 Å². The molecule has 3 rings (SSSR count). The van der Waals surface area contributed by atoms with Crippen LogP contribution < -0.4 is 14.2 Å². The zero-order valence-corrected chi connectivity index (χ0v) is 18.6. The smallest absolute Gasteiger partial charge is 0.165 e. The Morgan fingerprint density at radius 2 is 1.62 bits per heavy atom. The lowest BCUT2D eigenvalue weighted by Gasteiger charge is -2.20. The molecule has 0 fully saturated rings. The van der Waals surface area contributed by atoms with E-state index in [4.69, 9.17) is 14.2 Å². The second kappa shape index (κ2) is 10.2. The number of rotatable bonds is 8. The molecule has 0 atom stereocenters. The Kier molecular flexibility index (Phi) is 7.38. The second-order valence-corrected chi connectivity index (χ2v) is 7.46. The summed E-state index contributed by atoms with van der Waals surface area (Å²) in [4.78, 5) is 0. The Morgan fingerprint density at radius 3 is 2.19 bits per heavy atom. The van der Waals surface area contributed by atoms with Gasteiger partial charge in [0.2, 0.25) is 0 Å². The Hall–Kier alpha value is -3.51. The van der Waals surface area contributed by atoms with Crippen LogP contribution in [0.25, 0.3) is 22.3 Å². The van der Waals surface area contributed by atoms with E-state index in [2.05, 4.69) is 0 Å². The van der Waals surface area contributed by atoms with Crippen LogP contribution >= 0.6 is 0 Å². The van der Waals surface area contributed by atoms with Gasteiger partial charge in [0.15, 0.2) is 11.6 Å². The normalized spacial score (nSPS) is 10.6. The lowest BCUT2D eigenvalue weighted by molar-refractivity contribution is 0.273. The van der Waals surface area contributed by atoms with Crippen molar-refractivity contribution in [3.63, 3.8) is 0 Å². The van der Waals surface area contributed by atoms with Gasteiger partial charge in [0.1, 0.15) is 23.9 Å². The number of phenols is 1. The summed E-state index contributed by atoms with van der Waals surface area (Å²) in [6.45, 7) is 3.82. The van der Waals surface area contributed by atoms with Gasteiger partial charge in [-0.3, -0.25) is 0 Å². The number of aromatic hydroxyl groups is 1. The lowest BCUT2D eigenvalue weighted by Crippen LogP contribution is -2.02. The van der Waals surface area contributed by atoms with E-state index in [1.807, 2.05) is 19.9 Å². The SMILES string of the molecule is COc1cc(-c2ccc(O)cc2)c(OC)c(CO)c1-c1ccc(OCC=C(C)C)c(F)c1. The molecule has 6 heteroatoms. The fourth-order valence-corrected chi connectivity index (χ4v) is 3.48. The van der Waals surface area contributed by atoms with Crippen molar-refractivity contribution >= 4 is 0 Å². The maximum Gasteiger partial charge on any atom is 0.165 e. The highest BCUT2D eigenvalue weighted by Gasteiger charge is 2.22. The van der Waals surface area contributed by atoms with Crippen molar-refractivity contribution in [1.82, 2.24) is 0 Å². The molecule has 0 aliphatic rings. The molecule has 0 radical (unpaired) electrons. The van der Waals surface area contributed by atoms with Crippen molar-refractivity contribution in [2.24, 2.45) is 0 Å². The first kappa shape index (κ1) is 23.2. The van der Waals surface area contributed by atoms with E-state index in [0.29, 0.717) is 33.8 Å². The topological polar surface area (TPSA) is 68.2 Å². The van der Waals surface area contributed by atoms with E-state index in [1.165, 1.54) is 20.3 Å². The van der Waals surface area contributed by atoms with E-state index in [1.54, 1.807) is 42.5 Å². The molecule has 168 valence electrons. The molecule has 0 aromatic heterocycles. The minimum Gasteiger partial charge on any atom is -0.508 e. The highest BCUT2D eigenvalue weighted by atomic mass is 19.1. The monoisotopic (exact) mass is 438 g/mol. The third-order valence-electron chi connectivity index (χ3n) is 5.05. The summed E-state index contributed by atoms with van der Waals surface area (Å²) >= 11 is 0. The van der Waals surface area contributed by atoms with Crippen molar-refractivity contribution in [2.45, 2.75) is 20.5 Å². The maximum absolute atomic E-state index is 14.8. The summed E-state index contributed by atoms with van der Waals surface area (Å²) in [5, 5.41) is 19.8. The van der Waals surface area contributed by atoms with E-state index in [0.717, 1.165) is 11.1 Å². The van der Waals surface area contributed by atoms with Crippen molar-refractivity contribution in [3.8, 4) is 45.3 Å². The predicted octanol–water partition coefficient (Wildman–Crippen LogP) is 5.72. The molecule has 0 bridgehead atoms. The van der Waals surface area contributed by atoms with Crippen molar-refractivity contribution in [2.75, 3.05) is 20.8 Å². The maximum atomic E-state index is 14.8. The van der Waals surface area contributed by atoms with Gasteiger partial charge in [0.05, 0.1) is 20.8 Å². The summed E-state index contributed by atoms with van der Waals surface area (Å²) in [7, 11) is 3.02.